The van der Waals surface area contributed by atoms with E-state index in [1.54, 1.807) is 19.3 Å². The highest BCUT2D eigenvalue weighted by Gasteiger charge is 2.38. The molecule has 1 saturated heterocycles. The van der Waals surface area contributed by atoms with Gasteiger partial charge in [0, 0.05) is 6.54 Å². The Morgan fingerprint density at radius 3 is 3.00 bits per heavy atom. The first-order valence-corrected chi connectivity index (χ1v) is 7.60. The minimum absolute atomic E-state index is 0.214. The number of nitrogens with one attached hydrogen (secondary N) is 1. The maximum Gasteiger partial charge on any atom is 0.247 e. The van der Waals surface area contributed by atoms with Gasteiger partial charge in [0.1, 0.15) is 10.7 Å². The zero-order chi connectivity index (χ0) is 13.5. The van der Waals surface area contributed by atoms with Gasteiger partial charge in [-0.25, -0.2) is 8.42 Å². The summed E-state index contributed by atoms with van der Waals surface area (Å²) in [4.78, 5) is 0.242. The van der Waals surface area contributed by atoms with Gasteiger partial charge in [-0.15, -0.1) is 0 Å². The molecular weight excluding hydrogens is 266 g/mol. The third kappa shape index (κ3) is 1.98. The number of aromatic nitrogens is 2. The summed E-state index contributed by atoms with van der Waals surface area (Å²) in [5.41, 5.74) is 0.560. The van der Waals surface area contributed by atoms with Crippen molar-refractivity contribution < 1.29 is 12.8 Å². The van der Waals surface area contributed by atoms with Gasteiger partial charge < -0.3 is 4.42 Å². The number of aromatic amines is 1. The topological polar surface area (TPSA) is 79.2 Å². The van der Waals surface area contributed by atoms with Gasteiger partial charge in [-0.2, -0.15) is 9.40 Å². The van der Waals surface area contributed by atoms with Gasteiger partial charge in [-0.05, 0) is 31.9 Å². The summed E-state index contributed by atoms with van der Waals surface area (Å²) >= 11 is 0. The molecule has 0 saturated carbocycles. The van der Waals surface area contributed by atoms with Crippen molar-refractivity contribution in [3.63, 3.8) is 0 Å². The molecule has 0 aliphatic carbocycles. The van der Waals surface area contributed by atoms with Crippen LogP contribution in [0.4, 0.5) is 0 Å². The molecule has 1 fully saturated rings. The zero-order valence-electron chi connectivity index (χ0n) is 10.5. The number of furan rings is 1. The van der Waals surface area contributed by atoms with E-state index in [9.17, 15) is 8.42 Å². The van der Waals surface area contributed by atoms with Crippen LogP contribution in [0.5, 0.6) is 0 Å². The van der Waals surface area contributed by atoms with Crippen molar-refractivity contribution in [3.8, 4) is 0 Å². The molecule has 0 spiro atoms. The second kappa shape index (κ2) is 4.50. The van der Waals surface area contributed by atoms with Gasteiger partial charge in [-0.3, -0.25) is 5.10 Å². The van der Waals surface area contributed by atoms with Gasteiger partial charge in [0.15, 0.2) is 0 Å². The van der Waals surface area contributed by atoms with Crippen LogP contribution in [0, 0.1) is 6.92 Å². The molecule has 0 unspecified atom stereocenters. The highest BCUT2D eigenvalue weighted by atomic mass is 32.2. The molecule has 2 aromatic rings. The van der Waals surface area contributed by atoms with Crippen molar-refractivity contribution in [2.24, 2.45) is 0 Å². The summed E-state index contributed by atoms with van der Waals surface area (Å²) in [6.45, 7) is 2.22. The molecule has 19 heavy (non-hydrogen) atoms. The largest absolute Gasteiger partial charge is 0.468 e. The van der Waals surface area contributed by atoms with Crippen molar-refractivity contribution >= 4 is 10.0 Å². The van der Waals surface area contributed by atoms with Crippen LogP contribution < -0.4 is 0 Å². The molecule has 3 rings (SSSR count). The van der Waals surface area contributed by atoms with Crippen LogP contribution >= 0.6 is 0 Å². The Hall–Kier alpha value is -1.60. The van der Waals surface area contributed by atoms with Gasteiger partial charge in [0.2, 0.25) is 10.0 Å². The molecular formula is C12H15N3O3S. The van der Waals surface area contributed by atoms with Gasteiger partial charge in [0.05, 0.1) is 24.2 Å². The van der Waals surface area contributed by atoms with E-state index < -0.39 is 10.0 Å². The Bertz CT molecular complexity index is 660. The summed E-state index contributed by atoms with van der Waals surface area (Å²) in [6.07, 6.45) is 4.55. The van der Waals surface area contributed by atoms with E-state index in [-0.39, 0.29) is 10.9 Å². The van der Waals surface area contributed by atoms with E-state index in [2.05, 4.69) is 10.2 Å². The lowest BCUT2D eigenvalue weighted by atomic mass is 10.2. The van der Waals surface area contributed by atoms with Crippen LogP contribution in [0.25, 0.3) is 0 Å². The van der Waals surface area contributed by atoms with Crippen LogP contribution in [-0.2, 0) is 10.0 Å². The molecule has 0 radical (unpaired) electrons. The van der Waals surface area contributed by atoms with Crippen LogP contribution in [-0.4, -0.2) is 29.5 Å². The average Bonchev–Trinajstić information content (AvgIpc) is 3.09. The van der Waals surface area contributed by atoms with Crippen molar-refractivity contribution in [1.29, 1.82) is 0 Å². The van der Waals surface area contributed by atoms with Crippen LogP contribution in [0.15, 0.2) is 33.9 Å². The van der Waals surface area contributed by atoms with Crippen molar-refractivity contribution in [1.82, 2.24) is 14.5 Å². The normalized spacial score (nSPS) is 21.0. The third-order valence-corrected chi connectivity index (χ3v) is 5.47. The van der Waals surface area contributed by atoms with Crippen LogP contribution in [0.3, 0.4) is 0 Å². The van der Waals surface area contributed by atoms with Gasteiger partial charge in [0.25, 0.3) is 0 Å². The lowest BCUT2D eigenvalue weighted by molar-refractivity contribution is 0.339. The van der Waals surface area contributed by atoms with Crippen molar-refractivity contribution in [2.75, 3.05) is 6.54 Å². The van der Waals surface area contributed by atoms with E-state index in [1.165, 1.54) is 10.5 Å². The fourth-order valence-corrected chi connectivity index (χ4v) is 4.30. The minimum Gasteiger partial charge on any atom is -0.468 e. The second-order valence-corrected chi connectivity index (χ2v) is 6.51. The summed E-state index contributed by atoms with van der Waals surface area (Å²) in [7, 11) is -3.52. The Morgan fingerprint density at radius 1 is 1.53 bits per heavy atom. The molecule has 1 aliphatic rings. The zero-order valence-corrected chi connectivity index (χ0v) is 11.4. The average molecular weight is 281 g/mol. The fraction of sp³-hybridized carbons (Fsp3) is 0.417. The maximum atomic E-state index is 12.6. The monoisotopic (exact) mass is 281 g/mol. The minimum atomic E-state index is -3.52. The smallest absolute Gasteiger partial charge is 0.247 e. The highest BCUT2D eigenvalue weighted by Crippen LogP contribution is 2.36. The lowest BCUT2D eigenvalue weighted by Gasteiger charge is -2.22. The lowest BCUT2D eigenvalue weighted by Crippen LogP contribution is -2.30. The first-order chi connectivity index (χ1) is 9.10. The van der Waals surface area contributed by atoms with E-state index in [0.29, 0.717) is 18.0 Å². The predicted molar refractivity (Wildman–Crippen MR) is 67.9 cm³/mol. The number of H-pyrrole nitrogens is 1. The summed E-state index contributed by atoms with van der Waals surface area (Å²) < 4.78 is 32.2. The molecule has 0 amide bonds. The number of hydrogen-bond donors (Lipinski definition) is 1. The van der Waals surface area contributed by atoms with Crippen molar-refractivity contribution in [3.05, 3.63) is 36.0 Å². The standard InChI is InChI=1S/C12H15N3O3S/c1-9-12(8-13-14-9)19(16,17)15-6-2-4-10(15)11-5-3-7-18-11/h3,5,7-8,10H,2,4,6H2,1H3,(H,13,14)/t10-/m1/s1. The molecule has 0 bridgehead atoms. The van der Waals surface area contributed by atoms with E-state index in [0.717, 1.165) is 12.8 Å². The molecule has 3 heterocycles. The number of sulfonamides is 1. The highest BCUT2D eigenvalue weighted by molar-refractivity contribution is 7.89. The fourth-order valence-electron chi connectivity index (χ4n) is 2.52. The van der Waals surface area contributed by atoms with Gasteiger partial charge >= 0.3 is 0 Å². The van der Waals surface area contributed by atoms with Crippen LogP contribution in [0.2, 0.25) is 0 Å². The Balaban J connectivity index is 1.99. The number of nitrogens with zero attached hydrogens (tertiary/aromatic N) is 2. The molecule has 102 valence electrons. The number of hydrogen-bond acceptors (Lipinski definition) is 4. The molecule has 7 heteroatoms. The SMILES string of the molecule is Cc1[nH]ncc1S(=O)(=O)N1CCC[C@@H]1c1ccco1. The summed E-state index contributed by atoms with van der Waals surface area (Å²) in [5.74, 6) is 0.697. The molecule has 1 atom stereocenters. The Kier molecular flexibility index (Phi) is 2.94. The molecule has 1 aliphatic heterocycles. The third-order valence-electron chi connectivity index (χ3n) is 3.45. The number of rotatable bonds is 3. The van der Waals surface area contributed by atoms with Gasteiger partial charge in [-0.1, -0.05) is 0 Å². The summed E-state index contributed by atoms with van der Waals surface area (Å²) in [5, 5.41) is 6.46. The molecule has 2 aromatic heterocycles. The molecule has 6 nitrogen and oxygen atoms in total. The molecule has 1 N–H and O–H groups in total. The Morgan fingerprint density at radius 2 is 2.37 bits per heavy atom. The first kappa shape index (κ1) is 12.4. The van der Waals surface area contributed by atoms with E-state index in [4.69, 9.17) is 4.42 Å². The molecule has 0 aromatic carbocycles. The van der Waals surface area contributed by atoms with E-state index in [1.807, 2.05) is 6.07 Å². The van der Waals surface area contributed by atoms with E-state index >= 15 is 0 Å². The first-order valence-electron chi connectivity index (χ1n) is 6.16. The maximum absolute atomic E-state index is 12.6. The Labute approximate surface area is 111 Å². The second-order valence-electron chi connectivity index (χ2n) is 4.65. The number of aryl methyl sites for hydroxylation is 1. The quantitative estimate of drug-likeness (QED) is 0.931. The predicted octanol–water partition coefficient (Wildman–Crippen LogP) is 1.84. The van der Waals surface area contributed by atoms with Crippen LogP contribution in [0.1, 0.15) is 30.3 Å². The van der Waals surface area contributed by atoms with Crippen molar-refractivity contribution in [2.45, 2.75) is 30.7 Å². The summed E-state index contributed by atoms with van der Waals surface area (Å²) in [6, 6.07) is 3.39.